The maximum absolute atomic E-state index is 12.3. The molecule has 1 rings (SSSR count). The molecule has 1 unspecified atom stereocenters. The largest absolute Gasteiger partial charge is 0.342 e. The third kappa shape index (κ3) is 4.84. The van der Waals surface area contributed by atoms with Gasteiger partial charge in [-0.3, -0.25) is 4.79 Å². The fraction of sp³-hybridized carbons (Fsp3) is 0.533. The second-order valence-electron chi connectivity index (χ2n) is 5.44. The van der Waals surface area contributed by atoms with Gasteiger partial charge in [-0.1, -0.05) is 25.4 Å². The monoisotopic (exact) mass is 282 g/mol. The number of hydrogen-bond acceptors (Lipinski definition) is 2. The predicted octanol–water partition coefficient (Wildman–Crippen LogP) is 3.09. The summed E-state index contributed by atoms with van der Waals surface area (Å²) in [7, 11) is 1.80. The van der Waals surface area contributed by atoms with Crippen LogP contribution in [0.5, 0.6) is 0 Å². The van der Waals surface area contributed by atoms with Crippen LogP contribution in [0.25, 0.3) is 0 Å². The lowest BCUT2D eigenvalue weighted by Crippen LogP contribution is -2.34. The van der Waals surface area contributed by atoms with Gasteiger partial charge in [-0.2, -0.15) is 0 Å². The van der Waals surface area contributed by atoms with E-state index in [1.54, 1.807) is 18.0 Å². The molecule has 3 nitrogen and oxygen atoms in total. The van der Waals surface area contributed by atoms with Gasteiger partial charge in [0.2, 0.25) is 0 Å². The summed E-state index contributed by atoms with van der Waals surface area (Å²) < 4.78 is 0. The first-order valence-electron chi connectivity index (χ1n) is 6.59. The summed E-state index contributed by atoms with van der Waals surface area (Å²) in [5.74, 6) is 0.415. The van der Waals surface area contributed by atoms with Crippen molar-refractivity contribution >= 4 is 17.5 Å². The average Bonchev–Trinajstić information content (AvgIpc) is 2.33. The van der Waals surface area contributed by atoms with E-state index in [0.29, 0.717) is 23.0 Å². The molecule has 0 aliphatic carbocycles. The number of nitrogens with two attached hydrogens (primary N) is 1. The molecule has 0 heterocycles. The molecule has 0 fully saturated rings. The van der Waals surface area contributed by atoms with Gasteiger partial charge in [-0.25, -0.2) is 0 Å². The van der Waals surface area contributed by atoms with Gasteiger partial charge in [0.25, 0.3) is 5.91 Å². The summed E-state index contributed by atoms with van der Waals surface area (Å²) in [5, 5.41) is 0.593. The van der Waals surface area contributed by atoms with Crippen LogP contribution in [0.1, 0.15) is 36.2 Å². The minimum Gasteiger partial charge on any atom is -0.342 e. The van der Waals surface area contributed by atoms with Gasteiger partial charge in [0.1, 0.15) is 0 Å². The fourth-order valence-electron chi connectivity index (χ4n) is 1.86. The number of carbonyl (C=O) groups is 1. The van der Waals surface area contributed by atoms with Gasteiger partial charge in [0.05, 0.1) is 0 Å². The first kappa shape index (κ1) is 16.0. The first-order valence-corrected chi connectivity index (χ1v) is 6.97. The van der Waals surface area contributed by atoms with E-state index >= 15 is 0 Å². The van der Waals surface area contributed by atoms with Crippen LogP contribution < -0.4 is 5.73 Å². The van der Waals surface area contributed by atoms with E-state index in [2.05, 4.69) is 13.8 Å². The molecule has 4 heteroatoms. The zero-order valence-corrected chi connectivity index (χ0v) is 12.9. The van der Waals surface area contributed by atoms with Crippen LogP contribution in [-0.2, 0) is 0 Å². The Morgan fingerprint density at radius 1 is 1.37 bits per heavy atom. The molecule has 106 valence electrons. The smallest absolute Gasteiger partial charge is 0.253 e. The second kappa shape index (κ2) is 6.92. The number of halogens is 1. The molecule has 0 spiro atoms. The molecule has 1 amide bonds. The highest BCUT2D eigenvalue weighted by atomic mass is 35.5. The fourth-order valence-corrected chi connectivity index (χ4v) is 2.15. The third-order valence-corrected chi connectivity index (χ3v) is 3.51. The van der Waals surface area contributed by atoms with Crippen molar-refractivity contribution < 1.29 is 4.79 Å². The number of hydrogen-bond donors (Lipinski definition) is 1. The van der Waals surface area contributed by atoms with Crippen molar-refractivity contribution in [3.8, 4) is 0 Å². The maximum atomic E-state index is 12.3. The van der Waals surface area contributed by atoms with E-state index in [1.165, 1.54) is 0 Å². The summed E-state index contributed by atoms with van der Waals surface area (Å²) in [6.45, 7) is 6.76. The van der Waals surface area contributed by atoms with Crippen LogP contribution in [0.15, 0.2) is 18.2 Å². The maximum Gasteiger partial charge on any atom is 0.253 e. The third-order valence-electron chi connectivity index (χ3n) is 3.29. The standard InChI is InChI=1S/C15H23ClN2O/c1-10(2)14(17)5-6-18(4)15(19)12-7-11(3)8-13(16)9-12/h7-10,14H,5-6,17H2,1-4H3. The molecule has 19 heavy (non-hydrogen) atoms. The molecule has 1 aromatic carbocycles. The number of aryl methyl sites for hydroxylation is 1. The van der Waals surface area contributed by atoms with E-state index in [4.69, 9.17) is 17.3 Å². The molecule has 0 aromatic heterocycles. The normalized spacial score (nSPS) is 12.6. The molecule has 0 bridgehead atoms. The highest BCUT2D eigenvalue weighted by molar-refractivity contribution is 6.31. The van der Waals surface area contributed by atoms with Crippen molar-refractivity contribution in [1.29, 1.82) is 0 Å². The first-order chi connectivity index (χ1) is 8.81. The Morgan fingerprint density at radius 2 is 2.00 bits per heavy atom. The van der Waals surface area contributed by atoms with Gasteiger partial charge < -0.3 is 10.6 Å². The predicted molar refractivity (Wildman–Crippen MR) is 80.6 cm³/mol. The van der Waals surface area contributed by atoms with Crippen molar-refractivity contribution in [1.82, 2.24) is 4.90 Å². The quantitative estimate of drug-likeness (QED) is 0.902. The Morgan fingerprint density at radius 3 is 2.53 bits per heavy atom. The summed E-state index contributed by atoms with van der Waals surface area (Å²) in [5.41, 5.74) is 7.61. The molecule has 0 aliphatic heterocycles. The molecule has 1 atom stereocenters. The number of rotatable bonds is 5. The number of amides is 1. The van der Waals surface area contributed by atoms with Crippen LogP contribution in [0.4, 0.5) is 0 Å². The van der Waals surface area contributed by atoms with E-state index in [0.717, 1.165) is 12.0 Å². The van der Waals surface area contributed by atoms with E-state index < -0.39 is 0 Å². The number of benzene rings is 1. The van der Waals surface area contributed by atoms with Crippen molar-refractivity contribution in [3.05, 3.63) is 34.3 Å². The zero-order chi connectivity index (χ0) is 14.6. The Labute approximate surface area is 120 Å². The van der Waals surface area contributed by atoms with Gasteiger partial charge >= 0.3 is 0 Å². The average molecular weight is 283 g/mol. The molecule has 0 aliphatic rings. The lowest BCUT2D eigenvalue weighted by atomic mass is 10.0. The van der Waals surface area contributed by atoms with Crippen LogP contribution >= 0.6 is 11.6 Å². The topological polar surface area (TPSA) is 46.3 Å². The summed E-state index contributed by atoms with van der Waals surface area (Å²) in [4.78, 5) is 14.0. The molecular formula is C15H23ClN2O. The highest BCUT2D eigenvalue weighted by Gasteiger charge is 2.15. The van der Waals surface area contributed by atoms with Crippen molar-refractivity contribution in [2.24, 2.45) is 11.7 Å². The minimum absolute atomic E-state index is 0.0124. The second-order valence-corrected chi connectivity index (χ2v) is 5.88. The summed E-state index contributed by atoms with van der Waals surface area (Å²) >= 11 is 5.98. The molecule has 0 saturated heterocycles. The Hall–Kier alpha value is -1.06. The van der Waals surface area contributed by atoms with E-state index in [9.17, 15) is 4.79 Å². The minimum atomic E-state index is -0.0124. The highest BCUT2D eigenvalue weighted by Crippen LogP contribution is 2.16. The van der Waals surface area contributed by atoms with Gasteiger partial charge in [-0.15, -0.1) is 0 Å². The lowest BCUT2D eigenvalue weighted by Gasteiger charge is -2.21. The molecule has 0 radical (unpaired) electrons. The molecular weight excluding hydrogens is 260 g/mol. The Balaban J connectivity index is 2.66. The molecule has 1 aromatic rings. The SMILES string of the molecule is Cc1cc(Cl)cc(C(=O)N(C)CCC(N)C(C)C)c1. The van der Waals surface area contributed by atoms with Gasteiger partial charge in [0, 0.05) is 30.2 Å². The van der Waals surface area contributed by atoms with E-state index in [-0.39, 0.29) is 11.9 Å². The van der Waals surface area contributed by atoms with Crippen molar-refractivity contribution in [2.75, 3.05) is 13.6 Å². The van der Waals surface area contributed by atoms with Crippen molar-refractivity contribution in [2.45, 2.75) is 33.2 Å². The van der Waals surface area contributed by atoms with Crippen LogP contribution in [0.3, 0.4) is 0 Å². The van der Waals surface area contributed by atoms with Gasteiger partial charge in [-0.05, 0) is 43.0 Å². The van der Waals surface area contributed by atoms with Crippen LogP contribution in [-0.4, -0.2) is 30.4 Å². The van der Waals surface area contributed by atoms with Crippen LogP contribution in [0, 0.1) is 12.8 Å². The Kier molecular flexibility index (Phi) is 5.83. The van der Waals surface area contributed by atoms with Crippen LogP contribution in [0.2, 0.25) is 5.02 Å². The zero-order valence-electron chi connectivity index (χ0n) is 12.1. The summed E-state index contributed by atoms with van der Waals surface area (Å²) in [6.07, 6.45) is 0.805. The Bertz CT molecular complexity index is 426. The van der Waals surface area contributed by atoms with E-state index in [1.807, 2.05) is 19.1 Å². The molecule has 0 saturated carbocycles. The lowest BCUT2D eigenvalue weighted by molar-refractivity contribution is 0.0789. The molecule has 2 N–H and O–H groups in total. The van der Waals surface area contributed by atoms with Crippen molar-refractivity contribution in [3.63, 3.8) is 0 Å². The number of carbonyl (C=O) groups excluding carboxylic acids is 1. The summed E-state index contributed by atoms with van der Waals surface area (Å²) in [6, 6.07) is 5.52. The number of nitrogens with zero attached hydrogens (tertiary/aromatic N) is 1. The van der Waals surface area contributed by atoms with Gasteiger partial charge in [0.15, 0.2) is 0 Å².